The maximum Gasteiger partial charge on any atom is 0.151 e. The van der Waals surface area contributed by atoms with Gasteiger partial charge in [0.1, 0.15) is 23.7 Å². The van der Waals surface area contributed by atoms with Gasteiger partial charge in [0.05, 0.1) is 24.3 Å². The fraction of sp³-hybridized carbons (Fsp3) is 0.344. The van der Waals surface area contributed by atoms with Crippen molar-refractivity contribution < 1.29 is 13.2 Å². The molecule has 0 bridgehead atoms. The molecule has 0 unspecified atom stereocenters. The average molecular weight is 570 g/mol. The number of aryl methyl sites for hydroxylation is 1. The van der Waals surface area contributed by atoms with Crippen LogP contribution < -0.4 is 9.64 Å². The van der Waals surface area contributed by atoms with Crippen LogP contribution in [0.1, 0.15) is 53.7 Å². The summed E-state index contributed by atoms with van der Waals surface area (Å²) >= 11 is 0. The monoisotopic (exact) mass is 569 g/mol. The standard InChI is InChI=1S/C32H35N5O3S/c1-21-29(24-6-5-7-26(16-24)40-3)36-31(35-21)32(2)12-14-37(15-13-32)30-27-17-25(18-28(27)33-20-34-30)23-10-8-22(9-11-23)19-41(4,38)39/h5-11,16-17,20H,12-15,18-19H2,1-4H3,(H,35,36). The largest absolute Gasteiger partial charge is 0.497 e. The van der Waals surface area contributed by atoms with Gasteiger partial charge in [0.15, 0.2) is 9.84 Å². The molecule has 1 saturated heterocycles. The first kappa shape index (κ1) is 27.2. The van der Waals surface area contributed by atoms with Crippen molar-refractivity contribution in [2.45, 2.75) is 44.3 Å². The molecule has 1 aliphatic heterocycles. The minimum atomic E-state index is -3.06. The van der Waals surface area contributed by atoms with Gasteiger partial charge in [-0.1, -0.05) is 43.3 Å². The van der Waals surface area contributed by atoms with Gasteiger partial charge in [-0.15, -0.1) is 0 Å². The Balaban J connectivity index is 1.19. The number of aromatic amines is 1. The van der Waals surface area contributed by atoms with E-state index in [-0.39, 0.29) is 11.2 Å². The third-order valence-corrected chi connectivity index (χ3v) is 9.20. The molecular weight excluding hydrogens is 534 g/mol. The molecule has 8 nitrogen and oxygen atoms in total. The summed E-state index contributed by atoms with van der Waals surface area (Å²) in [4.78, 5) is 20.3. The van der Waals surface area contributed by atoms with Gasteiger partial charge in [-0.3, -0.25) is 0 Å². The highest BCUT2D eigenvalue weighted by atomic mass is 32.2. The van der Waals surface area contributed by atoms with Gasteiger partial charge in [0.25, 0.3) is 0 Å². The molecule has 2 aliphatic rings. The number of fused-ring (bicyclic) bond motifs is 1. The van der Waals surface area contributed by atoms with Crippen LogP contribution in [-0.4, -0.2) is 54.8 Å². The molecule has 212 valence electrons. The van der Waals surface area contributed by atoms with Gasteiger partial charge >= 0.3 is 0 Å². The Hall–Kier alpha value is -3.98. The molecule has 2 aromatic carbocycles. The Labute approximate surface area is 241 Å². The Kier molecular flexibility index (Phi) is 6.93. The van der Waals surface area contributed by atoms with Crippen molar-refractivity contribution in [1.82, 2.24) is 19.9 Å². The van der Waals surface area contributed by atoms with Crippen molar-refractivity contribution in [2.24, 2.45) is 0 Å². The zero-order chi connectivity index (χ0) is 28.8. The Morgan fingerprint density at radius 2 is 1.80 bits per heavy atom. The van der Waals surface area contributed by atoms with Gasteiger partial charge in [-0.25, -0.2) is 23.4 Å². The third kappa shape index (κ3) is 5.51. The normalized spacial score (nSPS) is 16.4. The molecule has 4 aromatic rings. The number of benzene rings is 2. The lowest BCUT2D eigenvalue weighted by Gasteiger charge is -2.39. The minimum absolute atomic E-state index is 0.0515. The molecule has 9 heteroatoms. The number of anilines is 1. The summed E-state index contributed by atoms with van der Waals surface area (Å²) < 4.78 is 28.7. The van der Waals surface area contributed by atoms with Gasteiger partial charge in [-0.2, -0.15) is 0 Å². The number of H-pyrrole nitrogens is 1. The topological polar surface area (TPSA) is 101 Å². The Bertz CT molecular complexity index is 1730. The first-order valence-electron chi connectivity index (χ1n) is 13.9. The van der Waals surface area contributed by atoms with Gasteiger partial charge in [-0.05, 0) is 54.7 Å². The SMILES string of the molecule is COc1cccc(-c2nc(C3(C)CCN(c4ncnc5c4C=C(c4ccc(CS(C)(=O)=O)cc4)C5)CC3)[nH]c2C)c1. The molecule has 3 heterocycles. The van der Waals surface area contributed by atoms with E-state index in [0.29, 0.717) is 0 Å². The second-order valence-electron chi connectivity index (χ2n) is 11.5. The number of methoxy groups -OCH3 is 1. The van der Waals surface area contributed by atoms with Crippen LogP contribution in [0.25, 0.3) is 22.9 Å². The number of piperidine rings is 1. The molecule has 0 amide bonds. The number of hydrogen-bond acceptors (Lipinski definition) is 7. The van der Waals surface area contributed by atoms with Gasteiger partial charge < -0.3 is 14.6 Å². The van der Waals surface area contributed by atoms with Crippen molar-refractivity contribution in [3.8, 4) is 17.0 Å². The summed E-state index contributed by atoms with van der Waals surface area (Å²) in [6.45, 7) is 6.13. The number of aromatic nitrogens is 4. The number of nitrogens with one attached hydrogen (secondary N) is 1. The number of ether oxygens (including phenoxy) is 1. The molecule has 1 fully saturated rings. The Morgan fingerprint density at radius 1 is 1.05 bits per heavy atom. The highest BCUT2D eigenvalue weighted by molar-refractivity contribution is 7.89. The molecule has 1 N–H and O–H groups in total. The van der Waals surface area contributed by atoms with Crippen molar-refractivity contribution in [3.05, 3.63) is 88.8 Å². The summed E-state index contributed by atoms with van der Waals surface area (Å²) in [5.41, 5.74) is 8.18. The smallest absolute Gasteiger partial charge is 0.151 e. The van der Waals surface area contributed by atoms with E-state index >= 15 is 0 Å². The van der Waals surface area contributed by atoms with Gasteiger partial charge in [0, 0.05) is 48.0 Å². The predicted octanol–water partition coefficient (Wildman–Crippen LogP) is 5.38. The molecule has 6 rings (SSSR count). The highest BCUT2D eigenvalue weighted by Crippen LogP contribution is 2.40. The van der Waals surface area contributed by atoms with E-state index < -0.39 is 9.84 Å². The van der Waals surface area contributed by atoms with Crippen molar-refractivity contribution in [2.75, 3.05) is 31.4 Å². The molecule has 0 radical (unpaired) electrons. The van der Waals surface area contributed by atoms with Crippen LogP contribution in [0.5, 0.6) is 5.75 Å². The second kappa shape index (κ2) is 10.4. The van der Waals surface area contributed by atoms with Crippen LogP contribution in [0.2, 0.25) is 0 Å². The number of nitrogens with zero attached hydrogens (tertiary/aromatic N) is 4. The molecule has 2 aromatic heterocycles. The van der Waals surface area contributed by atoms with Crippen LogP contribution >= 0.6 is 0 Å². The number of rotatable bonds is 7. The Morgan fingerprint density at radius 3 is 2.51 bits per heavy atom. The van der Waals surface area contributed by atoms with E-state index in [1.165, 1.54) is 11.8 Å². The zero-order valence-electron chi connectivity index (χ0n) is 23.9. The maximum absolute atomic E-state index is 11.7. The second-order valence-corrected chi connectivity index (χ2v) is 13.6. The molecule has 41 heavy (non-hydrogen) atoms. The average Bonchev–Trinajstić information content (AvgIpc) is 3.57. The summed E-state index contributed by atoms with van der Waals surface area (Å²) in [7, 11) is -1.38. The lowest BCUT2D eigenvalue weighted by atomic mass is 9.79. The molecule has 0 atom stereocenters. The van der Waals surface area contributed by atoms with Gasteiger partial charge in [0.2, 0.25) is 0 Å². The fourth-order valence-electron chi connectivity index (χ4n) is 5.92. The first-order chi connectivity index (χ1) is 19.6. The highest BCUT2D eigenvalue weighted by Gasteiger charge is 2.36. The van der Waals surface area contributed by atoms with Crippen molar-refractivity contribution >= 4 is 27.3 Å². The number of sulfone groups is 1. The minimum Gasteiger partial charge on any atom is -0.497 e. The lowest BCUT2D eigenvalue weighted by molar-refractivity contribution is 0.345. The van der Waals surface area contributed by atoms with E-state index in [0.717, 1.165) is 89.1 Å². The van der Waals surface area contributed by atoms with Crippen LogP contribution in [0, 0.1) is 6.92 Å². The van der Waals surface area contributed by atoms with Crippen LogP contribution in [0.3, 0.4) is 0 Å². The number of allylic oxidation sites excluding steroid dienone is 1. The first-order valence-corrected chi connectivity index (χ1v) is 16.0. The third-order valence-electron chi connectivity index (χ3n) is 8.34. The molecule has 0 spiro atoms. The van der Waals surface area contributed by atoms with Crippen LogP contribution in [0.4, 0.5) is 5.82 Å². The lowest BCUT2D eigenvalue weighted by Crippen LogP contribution is -2.42. The summed E-state index contributed by atoms with van der Waals surface area (Å²) in [6.07, 6.45) is 7.77. The number of hydrogen-bond donors (Lipinski definition) is 1. The quantitative estimate of drug-likeness (QED) is 0.319. The summed E-state index contributed by atoms with van der Waals surface area (Å²) in [5, 5.41) is 0. The molecule has 1 aliphatic carbocycles. The van der Waals surface area contributed by atoms with E-state index in [9.17, 15) is 8.42 Å². The van der Waals surface area contributed by atoms with E-state index in [1.807, 2.05) is 42.5 Å². The number of imidazole rings is 1. The van der Waals surface area contributed by atoms with Crippen LogP contribution in [0.15, 0.2) is 54.9 Å². The fourth-order valence-corrected chi connectivity index (χ4v) is 6.72. The van der Waals surface area contributed by atoms with Crippen molar-refractivity contribution in [1.29, 1.82) is 0 Å². The van der Waals surface area contributed by atoms with Crippen molar-refractivity contribution in [3.63, 3.8) is 0 Å². The maximum atomic E-state index is 11.7. The van der Waals surface area contributed by atoms with E-state index in [1.54, 1.807) is 13.4 Å². The van der Waals surface area contributed by atoms with E-state index in [4.69, 9.17) is 14.7 Å². The zero-order valence-corrected chi connectivity index (χ0v) is 24.8. The predicted molar refractivity (Wildman–Crippen MR) is 163 cm³/mol. The molecular formula is C32H35N5O3S. The van der Waals surface area contributed by atoms with Crippen LogP contribution in [-0.2, 0) is 27.4 Å². The summed E-state index contributed by atoms with van der Waals surface area (Å²) in [6, 6.07) is 15.8. The molecule has 0 saturated carbocycles. The van der Waals surface area contributed by atoms with E-state index in [2.05, 4.69) is 40.9 Å². The summed E-state index contributed by atoms with van der Waals surface area (Å²) in [5.74, 6) is 2.88.